The van der Waals surface area contributed by atoms with E-state index in [1.807, 2.05) is 72.8 Å². The Balaban J connectivity index is 1.21. The van der Waals surface area contributed by atoms with Crippen LogP contribution in [0.15, 0.2) is 173 Å². The van der Waals surface area contributed by atoms with E-state index < -0.39 is 0 Å². The molecule has 0 amide bonds. The van der Waals surface area contributed by atoms with Crippen molar-refractivity contribution in [1.82, 2.24) is 15.0 Å². The Morgan fingerprint density at radius 2 is 0.904 bits per heavy atom. The molecule has 3 aromatic heterocycles. The van der Waals surface area contributed by atoms with E-state index in [0.717, 1.165) is 71.7 Å². The number of benzene rings is 8. The molecule has 0 bridgehead atoms. The highest BCUT2D eigenvalue weighted by Crippen LogP contribution is 2.44. The minimum absolute atomic E-state index is 0.541. The van der Waals surface area contributed by atoms with Crippen LogP contribution < -0.4 is 0 Å². The average Bonchev–Trinajstić information content (AvgIpc) is 3.80. The van der Waals surface area contributed by atoms with Gasteiger partial charge in [-0.05, 0) is 63.5 Å². The van der Waals surface area contributed by atoms with Crippen molar-refractivity contribution in [2.45, 2.75) is 0 Å². The summed E-state index contributed by atoms with van der Waals surface area (Å²) >= 11 is 0. The van der Waals surface area contributed by atoms with Crippen molar-refractivity contribution < 1.29 is 8.83 Å². The normalized spacial score (nSPS) is 11.8. The van der Waals surface area contributed by atoms with Crippen LogP contribution in [0, 0.1) is 0 Å². The standard InChI is InChI=1S/C47H27N3O2/c1-2-13-28(14-3-1)45-48-46(50-47(49-45)38-22-12-21-34-33-19-8-10-23-40(33)51-43(34)38)37-26-25-35(44-42(37)36-20-9-11-24-41(36)52-44)39-27-29-15-4-5-16-30(29)31-17-6-7-18-32(31)39/h1-27H. The van der Waals surface area contributed by atoms with Crippen LogP contribution in [-0.2, 0) is 0 Å². The summed E-state index contributed by atoms with van der Waals surface area (Å²) < 4.78 is 13.3. The molecule has 0 aliphatic heterocycles. The van der Waals surface area contributed by atoms with Crippen LogP contribution in [0.25, 0.3) is 111 Å². The van der Waals surface area contributed by atoms with Gasteiger partial charge >= 0.3 is 0 Å². The maximum atomic E-state index is 6.80. The summed E-state index contributed by atoms with van der Waals surface area (Å²) in [6.07, 6.45) is 0. The zero-order valence-corrected chi connectivity index (χ0v) is 27.7. The number of hydrogen-bond acceptors (Lipinski definition) is 5. The number of rotatable bonds is 4. The Labute approximate surface area is 297 Å². The molecule has 5 heteroatoms. The Bertz CT molecular complexity index is 3190. The first-order valence-corrected chi connectivity index (χ1v) is 17.4. The maximum Gasteiger partial charge on any atom is 0.167 e. The van der Waals surface area contributed by atoms with E-state index in [2.05, 4.69) is 91.0 Å². The van der Waals surface area contributed by atoms with E-state index in [4.69, 9.17) is 23.8 Å². The number of fused-ring (bicyclic) bond motifs is 9. The number of furan rings is 2. The number of para-hydroxylation sites is 3. The quantitative estimate of drug-likeness (QED) is 0.175. The molecule has 0 atom stereocenters. The molecule has 11 aromatic rings. The minimum atomic E-state index is 0.541. The Kier molecular flexibility index (Phi) is 6.18. The van der Waals surface area contributed by atoms with E-state index in [1.165, 1.54) is 21.5 Å². The molecule has 0 aliphatic rings. The number of hydrogen-bond donors (Lipinski definition) is 0. The van der Waals surface area contributed by atoms with Crippen molar-refractivity contribution in [2.24, 2.45) is 0 Å². The molecule has 0 spiro atoms. The van der Waals surface area contributed by atoms with Gasteiger partial charge < -0.3 is 8.83 Å². The highest BCUT2D eigenvalue weighted by molar-refractivity contribution is 6.20. The smallest absolute Gasteiger partial charge is 0.167 e. The van der Waals surface area contributed by atoms with Crippen LogP contribution in [0.2, 0.25) is 0 Å². The Morgan fingerprint density at radius 3 is 1.73 bits per heavy atom. The largest absolute Gasteiger partial charge is 0.455 e. The average molecular weight is 666 g/mol. The van der Waals surface area contributed by atoms with Gasteiger partial charge in [-0.3, -0.25) is 0 Å². The molecule has 0 saturated carbocycles. The highest BCUT2D eigenvalue weighted by atomic mass is 16.3. The van der Waals surface area contributed by atoms with Crippen molar-refractivity contribution in [3.8, 4) is 45.3 Å². The molecular formula is C47H27N3O2. The first kappa shape index (κ1) is 28.7. The second-order valence-corrected chi connectivity index (χ2v) is 13.1. The lowest BCUT2D eigenvalue weighted by Crippen LogP contribution is -2.00. The maximum absolute atomic E-state index is 6.80. The SMILES string of the molecule is c1ccc(-c2nc(-c3cccc4c3oc3ccccc34)nc(-c3ccc(-c4cc5ccccc5c5ccccc45)c4oc5ccccc5c34)n2)cc1. The van der Waals surface area contributed by atoms with E-state index in [1.54, 1.807) is 0 Å². The summed E-state index contributed by atoms with van der Waals surface area (Å²) in [7, 11) is 0. The van der Waals surface area contributed by atoms with Gasteiger partial charge in [0, 0.05) is 38.2 Å². The molecule has 242 valence electrons. The first-order valence-electron chi connectivity index (χ1n) is 17.4. The number of nitrogens with zero attached hydrogens (tertiary/aromatic N) is 3. The van der Waals surface area contributed by atoms with Gasteiger partial charge in [0.2, 0.25) is 0 Å². The first-order chi connectivity index (χ1) is 25.8. The van der Waals surface area contributed by atoms with E-state index in [-0.39, 0.29) is 0 Å². The highest BCUT2D eigenvalue weighted by Gasteiger charge is 2.23. The van der Waals surface area contributed by atoms with Gasteiger partial charge in [-0.2, -0.15) is 0 Å². The van der Waals surface area contributed by atoms with Crippen LogP contribution in [0.5, 0.6) is 0 Å². The molecule has 0 fully saturated rings. The summed E-state index contributed by atoms with van der Waals surface area (Å²) in [6, 6.07) is 56.2. The summed E-state index contributed by atoms with van der Waals surface area (Å²) in [5.41, 5.74) is 7.88. The van der Waals surface area contributed by atoms with Crippen molar-refractivity contribution >= 4 is 65.4 Å². The zero-order valence-electron chi connectivity index (χ0n) is 27.7. The van der Waals surface area contributed by atoms with Gasteiger partial charge in [0.15, 0.2) is 17.5 Å². The Morgan fingerprint density at radius 1 is 0.327 bits per heavy atom. The topological polar surface area (TPSA) is 65.0 Å². The predicted molar refractivity (Wildman–Crippen MR) is 211 cm³/mol. The molecule has 0 aliphatic carbocycles. The van der Waals surface area contributed by atoms with Crippen molar-refractivity contribution in [3.63, 3.8) is 0 Å². The Hall–Kier alpha value is -7.11. The van der Waals surface area contributed by atoms with Crippen molar-refractivity contribution in [3.05, 3.63) is 164 Å². The monoisotopic (exact) mass is 665 g/mol. The lowest BCUT2D eigenvalue weighted by atomic mass is 9.91. The third kappa shape index (κ3) is 4.33. The van der Waals surface area contributed by atoms with E-state index >= 15 is 0 Å². The fraction of sp³-hybridized carbons (Fsp3) is 0. The van der Waals surface area contributed by atoms with Crippen LogP contribution in [0.3, 0.4) is 0 Å². The molecule has 0 unspecified atom stereocenters. The van der Waals surface area contributed by atoms with E-state index in [0.29, 0.717) is 17.5 Å². The van der Waals surface area contributed by atoms with Gasteiger partial charge in [0.25, 0.3) is 0 Å². The van der Waals surface area contributed by atoms with Crippen molar-refractivity contribution in [2.75, 3.05) is 0 Å². The molecule has 0 N–H and O–H groups in total. The fourth-order valence-corrected chi connectivity index (χ4v) is 7.76. The molecule has 11 rings (SSSR count). The molecule has 0 saturated heterocycles. The predicted octanol–water partition coefficient (Wildman–Crippen LogP) is 12.6. The van der Waals surface area contributed by atoms with Gasteiger partial charge in [0.05, 0.1) is 5.56 Å². The zero-order chi connectivity index (χ0) is 34.2. The molecule has 3 heterocycles. The summed E-state index contributed by atoms with van der Waals surface area (Å²) in [5.74, 6) is 1.68. The van der Waals surface area contributed by atoms with Crippen LogP contribution in [0.4, 0.5) is 0 Å². The summed E-state index contributed by atoms with van der Waals surface area (Å²) in [5, 5.41) is 8.82. The van der Waals surface area contributed by atoms with Gasteiger partial charge in [-0.25, -0.2) is 15.0 Å². The van der Waals surface area contributed by atoms with Crippen molar-refractivity contribution in [1.29, 1.82) is 0 Å². The van der Waals surface area contributed by atoms with E-state index in [9.17, 15) is 0 Å². The second kappa shape index (κ2) is 11.2. The molecule has 8 aromatic carbocycles. The second-order valence-electron chi connectivity index (χ2n) is 13.1. The lowest BCUT2D eigenvalue weighted by molar-refractivity contribution is 0.669. The summed E-state index contributed by atoms with van der Waals surface area (Å²) in [6.45, 7) is 0. The molecule has 52 heavy (non-hydrogen) atoms. The molecule has 0 radical (unpaired) electrons. The molecule has 5 nitrogen and oxygen atoms in total. The summed E-state index contributed by atoms with van der Waals surface area (Å²) in [4.78, 5) is 15.5. The minimum Gasteiger partial charge on any atom is -0.455 e. The van der Waals surface area contributed by atoms with Crippen LogP contribution >= 0.6 is 0 Å². The van der Waals surface area contributed by atoms with Gasteiger partial charge in [0.1, 0.15) is 22.3 Å². The lowest BCUT2D eigenvalue weighted by Gasteiger charge is -2.13. The van der Waals surface area contributed by atoms with Gasteiger partial charge in [-0.15, -0.1) is 0 Å². The van der Waals surface area contributed by atoms with Crippen LogP contribution in [-0.4, -0.2) is 15.0 Å². The molecular weight excluding hydrogens is 639 g/mol. The number of aromatic nitrogens is 3. The third-order valence-electron chi connectivity index (χ3n) is 10.1. The third-order valence-corrected chi connectivity index (χ3v) is 10.1. The van der Waals surface area contributed by atoms with Crippen LogP contribution in [0.1, 0.15) is 0 Å². The van der Waals surface area contributed by atoms with Gasteiger partial charge in [-0.1, -0.05) is 127 Å². The fourth-order valence-electron chi connectivity index (χ4n) is 7.76.